The van der Waals surface area contributed by atoms with Gasteiger partial charge in [-0.3, -0.25) is 19.6 Å². The third-order valence-corrected chi connectivity index (χ3v) is 5.81. The van der Waals surface area contributed by atoms with E-state index < -0.39 is 0 Å². The Morgan fingerprint density at radius 1 is 1.32 bits per heavy atom. The zero-order valence-electron chi connectivity index (χ0n) is 14.4. The molecule has 2 N–H and O–H groups in total. The normalized spacial score (nSPS) is 31.4. The van der Waals surface area contributed by atoms with Gasteiger partial charge in [0.25, 0.3) is 0 Å². The van der Waals surface area contributed by atoms with Gasteiger partial charge in [-0.1, -0.05) is 0 Å². The summed E-state index contributed by atoms with van der Waals surface area (Å²) in [4.78, 5) is 35.7. The number of amides is 2. The lowest BCUT2D eigenvalue weighted by Gasteiger charge is -2.53. The Hall–Kier alpha value is -2.02. The van der Waals surface area contributed by atoms with Crippen LogP contribution in [0, 0.1) is 11.8 Å². The summed E-state index contributed by atoms with van der Waals surface area (Å²) in [5.41, 5.74) is 0.859. The molecule has 7 heteroatoms. The van der Waals surface area contributed by atoms with Crippen LogP contribution >= 0.6 is 0 Å². The summed E-state index contributed by atoms with van der Waals surface area (Å²) in [6.07, 6.45) is 9.25. The molecule has 0 spiro atoms. The van der Waals surface area contributed by atoms with Gasteiger partial charge in [0.05, 0.1) is 5.69 Å². The molecule has 25 heavy (non-hydrogen) atoms. The van der Waals surface area contributed by atoms with Crippen molar-refractivity contribution < 1.29 is 9.59 Å². The average molecular weight is 343 g/mol. The second kappa shape index (κ2) is 7.07. The molecule has 2 amide bonds. The van der Waals surface area contributed by atoms with Crippen LogP contribution in [0.5, 0.6) is 0 Å². The highest BCUT2D eigenvalue weighted by Gasteiger charge is 2.50. The first-order valence-corrected chi connectivity index (χ1v) is 9.28. The van der Waals surface area contributed by atoms with Gasteiger partial charge in [-0.25, -0.2) is 0 Å². The fraction of sp³-hybridized carbons (Fsp3) is 0.667. The summed E-state index contributed by atoms with van der Waals surface area (Å²) in [6.45, 7) is 2.30. The zero-order chi connectivity index (χ0) is 17.2. The Balaban J connectivity index is 1.44. The van der Waals surface area contributed by atoms with E-state index in [-0.39, 0.29) is 29.8 Å². The molecular weight excluding hydrogens is 318 g/mol. The highest BCUT2D eigenvalue weighted by molar-refractivity contribution is 5.89. The van der Waals surface area contributed by atoms with E-state index >= 15 is 0 Å². The lowest BCUT2D eigenvalue weighted by atomic mass is 9.72. The van der Waals surface area contributed by atoms with Gasteiger partial charge in [0, 0.05) is 56.5 Å². The highest BCUT2D eigenvalue weighted by Crippen LogP contribution is 2.39. The predicted octanol–water partition coefficient (Wildman–Crippen LogP) is 0.124. The van der Waals surface area contributed by atoms with Gasteiger partial charge in [-0.2, -0.15) is 0 Å². The monoisotopic (exact) mass is 343 g/mol. The summed E-state index contributed by atoms with van der Waals surface area (Å²) >= 11 is 0. The molecule has 4 atom stereocenters. The van der Waals surface area contributed by atoms with Crippen molar-refractivity contribution in [2.45, 2.75) is 44.2 Å². The first kappa shape index (κ1) is 16.4. The second-order valence-electron chi connectivity index (χ2n) is 7.36. The summed E-state index contributed by atoms with van der Waals surface area (Å²) in [5, 5.41) is 6.49. The predicted molar refractivity (Wildman–Crippen MR) is 91.5 cm³/mol. The first-order valence-electron chi connectivity index (χ1n) is 9.28. The molecule has 0 saturated carbocycles. The molecule has 1 aromatic rings. The topological polar surface area (TPSA) is 87.2 Å². The number of nitrogens with zero attached hydrogens (tertiary/aromatic N) is 3. The molecule has 7 nitrogen and oxygen atoms in total. The minimum absolute atomic E-state index is 0.0173. The molecule has 0 unspecified atom stereocenters. The maximum atomic E-state index is 12.9. The number of fused-ring (bicyclic) bond motifs is 4. The van der Waals surface area contributed by atoms with Crippen LogP contribution < -0.4 is 10.6 Å². The van der Waals surface area contributed by atoms with E-state index in [2.05, 4.69) is 20.6 Å². The number of rotatable bonds is 4. The van der Waals surface area contributed by atoms with Gasteiger partial charge in [0.15, 0.2) is 0 Å². The van der Waals surface area contributed by atoms with Crippen molar-refractivity contribution >= 4 is 11.8 Å². The van der Waals surface area contributed by atoms with Crippen LogP contribution in [0.25, 0.3) is 0 Å². The molecule has 3 aliphatic heterocycles. The fourth-order valence-corrected chi connectivity index (χ4v) is 4.73. The Morgan fingerprint density at radius 2 is 2.20 bits per heavy atom. The molecule has 134 valence electrons. The van der Waals surface area contributed by atoms with Crippen molar-refractivity contribution in [3.8, 4) is 0 Å². The minimum Gasteiger partial charge on any atom is -0.354 e. The van der Waals surface area contributed by atoms with E-state index in [1.165, 1.54) is 0 Å². The number of carbonyl (C=O) groups is 2. The molecule has 1 aromatic heterocycles. The quantitative estimate of drug-likeness (QED) is 0.811. The lowest BCUT2D eigenvalue weighted by Crippen LogP contribution is -2.68. The molecular formula is C18H25N5O2. The van der Waals surface area contributed by atoms with Crippen LogP contribution in [0.2, 0.25) is 0 Å². The maximum Gasteiger partial charge on any atom is 0.243 e. The molecule has 3 saturated heterocycles. The molecule has 2 bridgehead atoms. The summed E-state index contributed by atoms with van der Waals surface area (Å²) in [6, 6.07) is -0.107. The number of nitrogens with one attached hydrogen (secondary N) is 2. The van der Waals surface area contributed by atoms with Gasteiger partial charge >= 0.3 is 0 Å². The largest absolute Gasteiger partial charge is 0.354 e. The van der Waals surface area contributed by atoms with Crippen molar-refractivity contribution in [2.75, 3.05) is 19.6 Å². The Kier molecular flexibility index (Phi) is 4.65. The molecule has 4 heterocycles. The van der Waals surface area contributed by atoms with Gasteiger partial charge in [0.2, 0.25) is 11.8 Å². The van der Waals surface area contributed by atoms with E-state index in [1.807, 2.05) is 4.90 Å². The van der Waals surface area contributed by atoms with Crippen LogP contribution in [0.3, 0.4) is 0 Å². The van der Waals surface area contributed by atoms with Crippen molar-refractivity contribution in [2.24, 2.45) is 11.8 Å². The van der Waals surface area contributed by atoms with Gasteiger partial charge in [0.1, 0.15) is 6.04 Å². The van der Waals surface area contributed by atoms with E-state index in [1.54, 1.807) is 18.6 Å². The average Bonchev–Trinajstić information content (AvgIpc) is 2.64. The maximum absolute atomic E-state index is 12.9. The fourth-order valence-electron chi connectivity index (χ4n) is 4.73. The lowest BCUT2D eigenvalue weighted by molar-refractivity contribution is -0.157. The Bertz CT molecular complexity index is 638. The number of aromatic nitrogens is 2. The Labute approximate surface area is 147 Å². The standard InChI is InChI=1S/C18H25N5O2/c24-16-3-1-2-15-12-8-13(10-20-9-12)17(23(15)16)18(25)22-5-4-14-11-19-6-7-21-14/h6-7,11-13,15,17,20H,1-5,8-10H2,(H,22,25)/t12-,13+,15+,17-/m1/s1. The molecule has 0 radical (unpaired) electrons. The first-order chi connectivity index (χ1) is 12.2. The molecule has 3 aliphatic rings. The molecule has 0 aliphatic carbocycles. The number of piperidine rings is 3. The van der Waals surface area contributed by atoms with Crippen molar-refractivity contribution in [3.63, 3.8) is 0 Å². The minimum atomic E-state index is -0.330. The van der Waals surface area contributed by atoms with E-state index in [0.717, 1.165) is 38.0 Å². The van der Waals surface area contributed by atoms with Crippen LogP contribution in [0.4, 0.5) is 0 Å². The molecule has 3 fully saturated rings. The van der Waals surface area contributed by atoms with E-state index in [4.69, 9.17) is 0 Å². The summed E-state index contributed by atoms with van der Waals surface area (Å²) < 4.78 is 0. The Morgan fingerprint density at radius 3 is 3.04 bits per heavy atom. The number of hydrogen-bond acceptors (Lipinski definition) is 5. The number of carbonyl (C=O) groups excluding carboxylic acids is 2. The summed E-state index contributed by atoms with van der Waals surface area (Å²) in [7, 11) is 0. The second-order valence-corrected chi connectivity index (χ2v) is 7.36. The van der Waals surface area contributed by atoms with Crippen molar-refractivity contribution in [3.05, 3.63) is 24.3 Å². The third kappa shape index (κ3) is 3.25. The SMILES string of the molecule is O=C(NCCc1cnccn1)[C@H]1[C@@H]2CNC[C@@H](C2)[C@@H]2CCCC(=O)N21. The van der Waals surface area contributed by atoms with Crippen LogP contribution in [-0.4, -0.2) is 58.4 Å². The molecule has 0 aromatic carbocycles. The van der Waals surface area contributed by atoms with Crippen LogP contribution in [0.1, 0.15) is 31.4 Å². The van der Waals surface area contributed by atoms with Gasteiger partial charge in [-0.05, 0) is 31.7 Å². The van der Waals surface area contributed by atoms with Crippen LogP contribution in [0.15, 0.2) is 18.6 Å². The van der Waals surface area contributed by atoms with Crippen molar-refractivity contribution in [1.29, 1.82) is 0 Å². The summed E-state index contributed by atoms with van der Waals surface area (Å²) in [5.74, 6) is 0.846. The van der Waals surface area contributed by atoms with Crippen molar-refractivity contribution in [1.82, 2.24) is 25.5 Å². The van der Waals surface area contributed by atoms with E-state index in [9.17, 15) is 9.59 Å². The number of hydrogen-bond donors (Lipinski definition) is 2. The van der Waals surface area contributed by atoms with Gasteiger partial charge in [-0.15, -0.1) is 0 Å². The third-order valence-electron chi connectivity index (χ3n) is 5.81. The highest BCUT2D eigenvalue weighted by atomic mass is 16.2. The smallest absolute Gasteiger partial charge is 0.243 e. The van der Waals surface area contributed by atoms with Crippen LogP contribution in [-0.2, 0) is 16.0 Å². The van der Waals surface area contributed by atoms with Gasteiger partial charge < -0.3 is 15.5 Å². The zero-order valence-corrected chi connectivity index (χ0v) is 14.4. The molecule has 4 rings (SSSR count). The van der Waals surface area contributed by atoms with E-state index in [0.29, 0.717) is 25.3 Å².